The molecular formula is C13H17ClN2O2. The van der Waals surface area contributed by atoms with Crippen LogP contribution in [0.4, 0.5) is 0 Å². The van der Waals surface area contributed by atoms with Crippen molar-refractivity contribution in [3.05, 3.63) is 28.8 Å². The van der Waals surface area contributed by atoms with Crippen molar-refractivity contribution >= 4 is 17.5 Å². The Balaban J connectivity index is 2.10. The number of hydrogen-bond donors (Lipinski definition) is 2. The average molecular weight is 269 g/mol. The average Bonchev–Trinajstić information content (AvgIpc) is 2.41. The molecular weight excluding hydrogens is 252 g/mol. The monoisotopic (exact) mass is 268 g/mol. The van der Waals surface area contributed by atoms with Crippen molar-refractivity contribution in [2.45, 2.75) is 12.8 Å². The van der Waals surface area contributed by atoms with Gasteiger partial charge in [-0.2, -0.15) is 0 Å². The van der Waals surface area contributed by atoms with Gasteiger partial charge < -0.3 is 15.7 Å². The Kier molecular flexibility index (Phi) is 4.09. The van der Waals surface area contributed by atoms with E-state index >= 15 is 0 Å². The molecule has 0 saturated carbocycles. The largest absolute Gasteiger partial charge is 0.508 e. The SMILES string of the molecule is NCC1CCN(C(=O)c2cc(O)ccc2Cl)CC1. The van der Waals surface area contributed by atoms with Crippen molar-refractivity contribution in [2.75, 3.05) is 19.6 Å². The number of aromatic hydroxyl groups is 1. The van der Waals surface area contributed by atoms with Crippen LogP contribution < -0.4 is 5.73 Å². The van der Waals surface area contributed by atoms with E-state index in [0.717, 1.165) is 12.8 Å². The molecule has 0 unspecified atom stereocenters. The first-order chi connectivity index (χ1) is 8.61. The molecule has 1 aromatic rings. The van der Waals surface area contributed by atoms with Crippen LogP contribution in [0.25, 0.3) is 0 Å². The smallest absolute Gasteiger partial charge is 0.255 e. The van der Waals surface area contributed by atoms with E-state index in [2.05, 4.69) is 0 Å². The van der Waals surface area contributed by atoms with Gasteiger partial charge in [-0.1, -0.05) is 11.6 Å². The predicted molar refractivity (Wildman–Crippen MR) is 70.8 cm³/mol. The van der Waals surface area contributed by atoms with Crippen LogP contribution in [0.15, 0.2) is 18.2 Å². The van der Waals surface area contributed by atoms with Gasteiger partial charge in [-0.25, -0.2) is 0 Å². The van der Waals surface area contributed by atoms with E-state index in [1.54, 1.807) is 4.90 Å². The molecule has 5 heteroatoms. The molecule has 1 amide bonds. The maximum absolute atomic E-state index is 12.3. The summed E-state index contributed by atoms with van der Waals surface area (Å²) < 4.78 is 0. The highest BCUT2D eigenvalue weighted by atomic mass is 35.5. The molecule has 0 aliphatic carbocycles. The number of phenols is 1. The summed E-state index contributed by atoms with van der Waals surface area (Å²) >= 11 is 5.99. The molecule has 1 fully saturated rings. The highest BCUT2D eigenvalue weighted by molar-refractivity contribution is 6.33. The van der Waals surface area contributed by atoms with E-state index in [1.165, 1.54) is 18.2 Å². The molecule has 1 saturated heterocycles. The fraction of sp³-hybridized carbons (Fsp3) is 0.462. The number of carbonyl (C=O) groups is 1. The number of nitrogens with zero attached hydrogens (tertiary/aromatic N) is 1. The molecule has 1 heterocycles. The van der Waals surface area contributed by atoms with Gasteiger partial charge >= 0.3 is 0 Å². The van der Waals surface area contributed by atoms with Gasteiger partial charge in [0.15, 0.2) is 0 Å². The van der Waals surface area contributed by atoms with E-state index in [-0.39, 0.29) is 11.7 Å². The summed E-state index contributed by atoms with van der Waals surface area (Å²) in [6, 6.07) is 4.43. The Morgan fingerprint density at radius 2 is 2.11 bits per heavy atom. The summed E-state index contributed by atoms with van der Waals surface area (Å²) in [7, 11) is 0. The van der Waals surface area contributed by atoms with Crippen LogP contribution in [0, 0.1) is 5.92 Å². The van der Waals surface area contributed by atoms with Crippen LogP contribution in [0.1, 0.15) is 23.2 Å². The van der Waals surface area contributed by atoms with E-state index in [0.29, 0.717) is 36.1 Å². The van der Waals surface area contributed by atoms with Gasteiger partial charge in [0.1, 0.15) is 5.75 Å². The highest BCUT2D eigenvalue weighted by Crippen LogP contribution is 2.24. The Labute approximate surface area is 111 Å². The van der Waals surface area contributed by atoms with Gasteiger partial charge in [0.05, 0.1) is 10.6 Å². The lowest BCUT2D eigenvalue weighted by atomic mass is 9.96. The summed E-state index contributed by atoms with van der Waals surface area (Å²) in [6.45, 7) is 2.08. The lowest BCUT2D eigenvalue weighted by Gasteiger charge is -2.31. The van der Waals surface area contributed by atoms with E-state index in [9.17, 15) is 9.90 Å². The number of rotatable bonds is 2. The lowest BCUT2D eigenvalue weighted by Crippen LogP contribution is -2.40. The highest BCUT2D eigenvalue weighted by Gasteiger charge is 2.24. The number of halogens is 1. The summed E-state index contributed by atoms with van der Waals surface area (Å²) in [5.41, 5.74) is 5.99. The van der Waals surface area contributed by atoms with Crippen molar-refractivity contribution < 1.29 is 9.90 Å². The maximum Gasteiger partial charge on any atom is 0.255 e. The number of piperidine rings is 1. The van der Waals surface area contributed by atoms with Crippen LogP contribution in [-0.2, 0) is 0 Å². The van der Waals surface area contributed by atoms with Gasteiger partial charge in [-0.15, -0.1) is 0 Å². The third-order valence-corrected chi connectivity index (χ3v) is 3.75. The number of phenolic OH excluding ortho intramolecular Hbond substituents is 1. The number of carbonyl (C=O) groups excluding carboxylic acids is 1. The maximum atomic E-state index is 12.3. The molecule has 18 heavy (non-hydrogen) atoms. The fourth-order valence-corrected chi connectivity index (χ4v) is 2.42. The Morgan fingerprint density at radius 1 is 1.44 bits per heavy atom. The van der Waals surface area contributed by atoms with Crippen LogP contribution in [0.2, 0.25) is 5.02 Å². The van der Waals surface area contributed by atoms with Crippen molar-refractivity contribution in [3.8, 4) is 5.75 Å². The van der Waals surface area contributed by atoms with Gasteiger partial charge in [0.2, 0.25) is 0 Å². The van der Waals surface area contributed by atoms with Gasteiger partial charge in [-0.05, 0) is 43.5 Å². The molecule has 2 rings (SSSR count). The third kappa shape index (κ3) is 2.76. The molecule has 3 N–H and O–H groups in total. The summed E-state index contributed by atoms with van der Waals surface area (Å²) in [5, 5.41) is 9.79. The second-order valence-corrected chi connectivity index (χ2v) is 5.04. The van der Waals surface area contributed by atoms with Crippen molar-refractivity contribution in [1.29, 1.82) is 0 Å². The number of amides is 1. The number of likely N-dealkylation sites (tertiary alicyclic amines) is 1. The molecule has 0 aromatic heterocycles. The number of nitrogens with two attached hydrogens (primary N) is 1. The van der Waals surface area contributed by atoms with Gasteiger partial charge in [0, 0.05) is 13.1 Å². The number of benzene rings is 1. The fourth-order valence-electron chi connectivity index (χ4n) is 2.22. The van der Waals surface area contributed by atoms with Crippen molar-refractivity contribution in [2.24, 2.45) is 11.7 Å². The summed E-state index contributed by atoms with van der Waals surface area (Å²) in [5.74, 6) is 0.444. The molecule has 0 radical (unpaired) electrons. The second-order valence-electron chi connectivity index (χ2n) is 4.64. The molecule has 4 nitrogen and oxygen atoms in total. The van der Waals surface area contributed by atoms with Crippen LogP contribution in [0.3, 0.4) is 0 Å². The minimum atomic E-state index is -0.119. The summed E-state index contributed by atoms with van der Waals surface area (Å²) in [4.78, 5) is 14.0. The van der Waals surface area contributed by atoms with E-state index in [1.807, 2.05) is 0 Å². The first-order valence-corrected chi connectivity index (χ1v) is 6.47. The zero-order valence-electron chi connectivity index (χ0n) is 10.1. The van der Waals surface area contributed by atoms with E-state index < -0.39 is 0 Å². The third-order valence-electron chi connectivity index (χ3n) is 3.42. The minimum absolute atomic E-state index is 0.0552. The molecule has 0 spiro atoms. The van der Waals surface area contributed by atoms with Crippen LogP contribution in [-0.4, -0.2) is 35.5 Å². The van der Waals surface area contributed by atoms with E-state index in [4.69, 9.17) is 17.3 Å². The predicted octanol–water partition coefficient (Wildman–Crippen LogP) is 1.86. The normalized spacial score (nSPS) is 16.9. The topological polar surface area (TPSA) is 66.6 Å². The van der Waals surface area contributed by atoms with Gasteiger partial charge in [-0.3, -0.25) is 4.79 Å². The van der Waals surface area contributed by atoms with Crippen LogP contribution in [0.5, 0.6) is 5.75 Å². The minimum Gasteiger partial charge on any atom is -0.508 e. The lowest BCUT2D eigenvalue weighted by molar-refractivity contribution is 0.0693. The molecule has 98 valence electrons. The van der Waals surface area contributed by atoms with Crippen molar-refractivity contribution in [1.82, 2.24) is 4.90 Å². The Morgan fingerprint density at radius 3 is 2.72 bits per heavy atom. The zero-order valence-corrected chi connectivity index (χ0v) is 10.9. The molecule has 1 aliphatic heterocycles. The molecule has 0 atom stereocenters. The molecule has 1 aliphatic rings. The summed E-state index contributed by atoms with van der Waals surface area (Å²) in [6.07, 6.45) is 1.86. The second kappa shape index (κ2) is 5.59. The molecule has 1 aromatic carbocycles. The number of hydrogen-bond acceptors (Lipinski definition) is 3. The first kappa shape index (κ1) is 13.2. The quantitative estimate of drug-likeness (QED) is 0.860. The molecule has 0 bridgehead atoms. The van der Waals surface area contributed by atoms with Crippen LogP contribution >= 0.6 is 11.6 Å². The Bertz CT molecular complexity index is 443. The standard InChI is InChI=1S/C13H17ClN2O2/c14-12-2-1-10(17)7-11(12)13(18)16-5-3-9(8-15)4-6-16/h1-2,7,9,17H,3-6,8,15H2. The zero-order chi connectivity index (χ0) is 13.1. The van der Waals surface area contributed by atoms with Gasteiger partial charge in [0.25, 0.3) is 5.91 Å². The van der Waals surface area contributed by atoms with Crippen molar-refractivity contribution in [3.63, 3.8) is 0 Å². The first-order valence-electron chi connectivity index (χ1n) is 6.09. The Hall–Kier alpha value is -1.26.